The Labute approximate surface area is 231 Å². The Kier molecular flexibility index (Phi) is 5.66. The van der Waals surface area contributed by atoms with E-state index in [0.717, 1.165) is 36.8 Å². The van der Waals surface area contributed by atoms with Crippen LogP contribution in [-0.2, 0) is 14.3 Å². The summed E-state index contributed by atoms with van der Waals surface area (Å²) in [6.45, 7) is 7.79. The van der Waals surface area contributed by atoms with Gasteiger partial charge in [-0.3, -0.25) is 9.78 Å². The van der Waals surface area contributed by atoms with Crippen molar-refractivity contribution in [2.24, 2.45) is 22.7 Å². The molecule has 204 valence electrons. The van der Waals surface area contributed by atoms with Crippen LogP contribution in [0.5, 0.6) is 0 Å². The number of ketones is 1. The second-order valence-corrected chi connectivity index (χ2v) is 13.7. The zero-order valence-electron chi connectivity index (χ0n) is 23.3. The third-order valence-electron chi connectivity index (χ3n) is 10.4. The van der Waals surface area contributed by atoms with E-state index in [1.165, 1.54) is 16.7 Å². The largest absolute Gasteiger partial charge is 0.385 e. The molecule has 2 saturated carbocycles. The van der Waals surface area contributed by atoms with Crippen molar-refractivity contribution in [3.8, 4) is 11.1 Å². The molecule has 1 aromatic heterocycles. The van der Waals surface area contributed by atoms with Gasteiger partial charge >= 0.3 is 0 Å². The number of aromatic nitrogens is 1. The molecule has 5 aliphatic rings. The van der Waals surface area contributed by atoms with Crippen molar-refractivity contribution in [2.75, 3.05) is 13.2 Å². The van der Waals surface area contributed by atoms with Gasteiger partial charge in [0.1, 0.15) is 0 Å². The molecule has 4 aliphatic carbocycles. The molecular formula is C34H39NO4. The van der Waals surface area contributed by atoms with Crippen LogP contribution in [0.2, 0.25) is 0 Å². The number of benzene rings is 1. The number of allylic oxidation sites excluding steroid dienone is 3. The Morgan fingerprint density at radius 2 is 1.77 bits per heavy atom. The highest BCUT2D eigenvalue weighted by atomic mass is 16.7. The van der Waals surface area contributed by atoms with Gasteiger partial charge in [0.05, 0.1) is 18.8 Å². The van der Waals surface area contributed by atoms with Crippen LogP contribution < -0.4 is 0 Å². The van der Waals surface area contributed by atoms with Gasteiger partial charge in [0.2, 0.25) is 0 Å². The van der Waals surface area contributed by atoms with Gasteiger partial charge in [-0.15, -0.1) is 0 Å². The third-order valence-corrected chi connectivity index (χ3v) is 10.4. The van der Waals surface area contributed by atoms with Crippen LogP contribution in [0.3, 0.4) is 0 Å². The molecule has 1 N–H and O–H groups in total. The first-order chi connectivity index (χ1) is 18.6. The number of fused-ring (bicyclic) bond motifs is 4. The van der Waals surface area contributed by atoms with Gasteiger partial charge in [-0.2, -0.15) is 0 Å². The number of hydrogen-bond donors (Lipinski definition) is 1. The molecule has 1 aliphatic heterocycles. The summed E-state index contributed by atoms with van der Waals surface area (Å²) in [4.78, 5) is 17.5. The predicted octanol–water partition coefficient (Wildman–Crippen LogP) is 6.39. The van der Waals surface area contributed by atoms with Crippen LogP contribution in [0.1, 0.15) is 70.8 Å². The van der Waals surface area contributed by atoms with E-state index in [9.17, 15) is 9.90 Å². The smallest absolute Gasteiger partial charge is 0.171 e. The number of rotatable bonds is 2. The van der Waals surface area contributed by atoms with Crippen molar-refractivity contribution in [3.05, 3.63) is 77.7 Å². The molecule has 0 bridgehead atoms. The van der Waals surface area contributed by atoms with Crippen LogP contribution in [0.25, 0.3) is 11.1 Å². The zero-order chi connectivity index (χ0) is 27.0. The van der Waals surface area contributed by atoms with Gasteiger partial charge in [0, 0.05) is 42.0 Å². The highest BCUT2D eigenvalue weighted by Gasteiger charge is 2.59. The summed E-state index contributed by atoms with van der Waals surface area (Å²) < 4.78 is 12.7. The van der Waals surface area contributed by atoms with Crippen molar-refractivity contribution >= 4 is 5.78 Å². The molecule has 0 unspecified atom stereocenters. The summed E-state index contributed by atoms with van der Waals surface area (Å²) in [5.74, 6) is 0.122. The topological polar surface area (TPSA) is 68.7 Å². The fourth-order valence-corrected chi connectivity index (χ4v) is 8.29. The molecule has 2 aromatic rings. The first-order valence-electron chi connectivity index (χ1n) is 14.6. The number of pyridine rings is 1. The average molecular weight is 526 g/mol. The Morgan fingerprint density at radius 3 is 2.49 bits per heavy atom. The van der Waals surface area contributed by atoms with Crippen molar-refractivity contribution < 1.29 is 19.4 Å². The second-order valence-electron chi connectivity index (χ2n) is 13.7. The van der Waals surface area contributed by atoms with Gasteiger partial charge in [0.25, 0.3) is 0 Å². The summed E-state index contributed by atoms with van der Waals surface area (Å²) in [6.07, 6.45) is 12.0. The van der Waals surface area contributed by atoms with Gasteiger partial charge < -0.3 is 14.6 Å². The van der Waals surface area contributed by atoms with Crippen molar-refractivity contribution in [1.29, 1.82) is 0 Å². The van der Waals surface area contributed by atoms with Crippen LogP contribution in [-0.4, -0.2) is 40.5 Å². The number of hydrogen-bond acceptors (Lipinski definition) is 5. The molecule has 1 aromatic carbocycles. The van der Waals surface area contributed by atoms with E-state index in [2.05, 4.69) is 62.2 Å². The first kappa shape index (κ1) is 25.4. The summed E-state index contributed by atoms with van der Waals surface area (Å²) in [6, 6.07) is 12.8. The molecule has 2 heterocycles. The van der Waals surface area contributed by atoms with Gasteiger partial charge in [-0.05, 0) is 71.9 Å². The van der Waals surface area contributed by atoms with Crippen molar-refractivity contribution in [3.63, 3.8) is 0 Å². The summed E-state index contributed by atoms with van der Waals surface area (Å²) in [5, 5.41) is 12.3. The molecule has 5 heteroatoms. The first-order valence-corrected chi connectivity index (χ1v) is 14.6. The van der Waals surface area contributed by atoms with E-state index in [-0.39, 0.29) is 29.0 Å². The Bertz CT molecular complexity index is 1350. The minimum Gasteiger partial charge on any atom is -0.385 e. The third kappa shape index (κ3) is 4.00. The van der Waals surface area contributed by atoms with E-state index in [1.54, 1.807) is 6.20 Å². The molecule has 5 atom stereocenters. The van der Waals surface area contributed by atoms with Crippen LogP contribution >= 0.6 is 0 Å². The zero-order valence-corrected chi connectivity index (χ0v) is 23.3. The second kappa shape index (κ2) is 8.70. The summed E-state index contributed by atoms with van der Waals surface area (Å²) in [7, 11) is 0. The van der Waals surface area contributed by atoms with E-state index in [4.69, 9.17) is 9.47 Å². The van der Waals surface area contributed by atoms with E-state index in [0.29, 0.717) is 26.1 Å². The van der Waals surface area contributed by atoms with Crippen molar-refractivity contribution in [2.45, 2.75) is 76.6 Å². The van der Waals surface area contributed by atoms with Crippen LogP contribution in [0.4, 0.5) is 0 Å². The maximum atomic E-state index is 13.2. The molecule has 3 fully saturated rings. The van der Waals surface area contributed by atoms with Crippen LogP contribution in [0, 0.1) is 22.7 Å². The lowest BCUT2D eigenvalue weighted by Gasteiger charge is -2.56. The summed E-state index contributed by atoms with van der Waals surface area (Å²) in [5.41, 5.74) is 4.69. The average Bonchev–Trinajstić information content (AvgIpc) is 3.24. The maximum Gasteiger partial charge on any atom is 0.171 e. The normalized spacial score (nSPS) is 36.4. The monoisotopic (exact) mass is 525 g/mol. The van der Waals surface area contributed by atoms with E-state index < -0.39 is 16.8 Å². The minimum atomic E-state index is -0.931. The fraction of sp³-hybridized carbons (Fsp3) is 0.529. The quantitative estimate of drug-likeness (QED) is 0.460. The molecular weight excluding hydrogens is 486 g/mol. The Morgan fingerprint density at radius 1 is 1.00 bits per heavy atom. The number of ether oxygens (including phenoxy) is 2. The van der Waals surface area contributed by atoms with Gasteiger partial charge in [-0.25, -0.2) is 0 Å². The molecule has 1 spiro atoms. The minimum absolute atomic E-state index is 0.00743. The lowest BCUT2D eigenvalue weighted by molar-refractivity contribution is -0.322. The van der Waals surface area contributed by atoms with Crippen molar-refractivity contribution in [1.82, 2.24) is 4.98 Å². The fourth-order valence-electron chi connectivity index (χ4n) is 8.29. The number of nitrogens with zero attached hydrogens (tertiary/aromatic N) is 1. The molecule has 5 nitrogen and oxygen atoms in total. The highest BCUT2D eigenvalue weighted by molar-refractivity contribution is 5.98. The SMILES string of the molecule is CC1(C)COC2(CCC3=C4[C@@H](CC[C@@]3(O)C2)[C@H]2C=CC(=O)[C@@]2(C)C[C@@H]4c2ccc(-c3cccnc3)cc2)OC1. The van der Waals surface area contributed by atoms with E-state index in [1.807, 2.05) is 18.3 Å². The van der Waals surface area contributed by atoms with Crippen LogP contribution in [0.15, 0.2) is 72.1 Å². The molecule has 0 radical (unpaired) electrons. The standard InChI is InChI=1S/C34H39NO4/c1-31(2)20-38-34(39-21-31)15-13-28-30-25(12-14-33(28,37)19-34)27-10-11-29(36)32(27,3)17-26(30)23-8-6-22(7-9-23)24-5-4-16-35-18-24/h4-11,16,18,25-27,37H,12-15,17,19-21H2,1-3H3/t25-,26+,27+,32-,33+/m0/s1. The lowest BCUT2D eigenvalue weighted by Crippen LogP contribution is -2.57. The number of carbonyl (C=O) groups is 1. The molecule has 1 saturated heterocycles. The maximum absolute atomic E-state index is 13.2. The summed E-state index contributed by atoms with van der Waals surface area (Å²) >= 11 is 0. The van der Waals surface area contributed by atoms with E-state index >= 15 is 0 Å². The molecule has 39 heavy (non-hydrogen) atoms. The lowest BCUT2D eigenvalue weighted by atomic mass is 9.51. The Hall–Kier alpha value is -2.60. The van der Waals surface area contributed by atoms with Gasteiger partial charge in [-0.1, -0.05) is 62.8 Å². The Balaban J connectivity index is 1.29. The number of aliphatic hydroxyl groups is 1. The highest BCUT2D eigenvalue weighted by Crippen LogP contribution is 2.63. The number of carbonyl (C=O) groups excluding carboxylic acids is 1. The molecule has 0 amide bonds. The van der Waals surface area contributed by atoms with Gasteiger partial charge in [0.15, 0.2) is 11.6 Å². The predicted molar refractivity (Wildman–Crippen MR) is 150 cm³/mol. The molecule has 7 rings (SSSR count).